The highest BCUT2D eigenvalue weighted by molar-refractivity contribution is 7.91. The smallest absolute Gasteiger partial charge is 0.226 e. The lowest BCUT2D eigenvalue weighted by Crippen LogP contribution is -2.68. The molecule has 31 heavy (non-hydrogen) atoms. The molecule has 6 unspecified atom stereocenters. The van der Waals surface area contributed by atoms with Gasteiger partial charge in [-0.3, -0.25) is 9.59 Å². The second kappa shape index (κ2) is 8.64. The Morgan fingerprint density at radius 1 is 0.935 bits per heavy atom. The summed E-state index contributed by atoms with van der Waals surface area (Å²) >= 11 is 0. The van der Waals surface area contributed by atoms with Crippen LogP contribution in [0.3, 0.4) is 0 Å². The number of hydrogen-bond acceptors (Lipinski definition) is 4. The largest absolute Gasteiger partial charge is 0.335 e. The summed E-state index contributed by atoms with van der Waals surface area (Å²) in [6.45, 7) is 4.23. The predicted octanol–water partition coefficient (Wildman–Crippen LogP) is 2.95. The lowest BCUT2D eigenvalue weighted by atomic mass is 9.68. The van der Waals surface area contributed by atoms with Crippen molar-refractivity contribution in [3.8, 4) is 0 Å². The van der Waals surface area contributed by atoms with Gasteiger partial charge in [-0.25, -0.2) is 12.8 Å². The van der Waals surface area contributed by atoms with Crippen LogP contribution in [-0.2, 0) is 19.4 Å². The maximum absolute atomic E-state index is 14.8. The number of carbonyl (C=O) groups excluding carboxylic acids is 2. The number of hydrogen-bond donors (Lipinski definition) is 0. The van der Waals surface area contributed by atoms with Crippen LogP contribution in [0, 0.1) is 17.8 Å². The molecule has 0 radical (unpaired) electrons. The molecule has 1 aliphatic heterocycles. The molecular weight excluding hydrogens is 419 g/mol. The van der Waals surface area contributed by atoms with E-state index in [0.717, 1.165) is 51.2 Å². The van der Waals surface area contributed by atoms with E-state index >= 15 is 0 Å². The summed E-state index contributed by atoms with van der Waals surface area (Å²) in [4.78, 5) is 29.7. The van der Waals surface area contributed by atoms with Gasteiger partial charge in [0.15, 0.2) is 9.84 Å². The van der Waals surface area contributed by atoms with Crippen LogP contribution in [0.25, 0.3) is 0 Å². The highest BCUT2D eigenvalue weighted by Crippen LogP contribution is 2.45. The van der Waals surface area contributed by atoms with E-state index in [-0.39, 0.29) is 47.7 Å². The number of piperazine rings is 1. The molecule has 4 aliphatic rings. The van der Waals surface area contributed by atoms with E-state index in [1.54, 1.807) is 6.92 Å². The fraction of sp³-hybridized carbons (Fsp3) is 0.913. The summed E-state index contributed by atoms with van der Waals surface area (Å²) in [6.07, 6.45) is 6.79. The van der Waals surface area contributed by atoms with Crippen LogP contribution in [-0.4, -0.2) is 72.4 Å². The normalized spacial score (nSPS) is 39.5. The molecule has 1 saturated heterocycles. The van der Waals surface area contributed by atoms with Crippen LogP contribution >= 0.6 is 0 Å². The summed E-state index contributed by atoms with van der Waals surface area (Å²) in [5, 5.41) is -0.875. The van der Waals surface area contributed by atoms with E-state index < -0.39 is 21.3 Å². The third-order valence-electron chi connectivity index (χ3n) is 8.59. The van der Waals surface area contributed by atoms with Gasteiger partial charge in [0.1, 0.15) is 6.17 Å². The van der Waals surface area contributed by atoms with E-state index in [1.807, 2.05) is 11.8 Å². The van der Waals surface area contributed by atoms with Crippen molar-refractivity contribution >= 4 is 21.7 Å². The van der Waals surface area contributed by atoms with Gasteiger partial charge in [0.25, 0.3) is 0 Å². The summed E-state index contributed by atoms with van der Waals surface area (Å²) in [5.74, 6) is 0.853. The Morgan fingerprint density at radius 2 is 1.58 bits per heavy atom. The Bertz CT molecular complexity index is 814. The van der Waals surface area contributed by atoms with Gasteiger partial charge in [-0.2, -0.15) is 0 Å². The van der Waals surface area contributed by atoms with Crippen molar-refractivity contribution in [3.05, 3.63) is 0 Å². The molecule has 3 saturated carbocycles. The number of fused-ring (bicyclic) bond motifs is 1. The summed E-state index contributed by atoms with van der Waals surface area (Å²) < 4.78 is 38.6. The lowest BCUT2D eigenvalue weighted by molar-refractivity contribution is -0.159. The fourth-order valence-electron chi connectivity index (χ4n) is 6.80. The molecule has 8 heteroatoms. The number of carbonyl (C=O) groups is 2. The van der Waals surface area contributed by atoms with Gasteiger partial charge in [-0.05, 0) is 70.1 Å². The summed E-state index contributed by atoms with van der Waals surface area (Å²) in [5.41, 5.74) is 0. The van der Waals surface area contributed by atoms with Crippen LogP contribution in [0.5, 0.6) is 0 Å². The van der Waals surface area contributed by atoms with Crippen LogP contribution < -0.4 is 0 Å². The van der Waals surface area contributed by atoms with Gasteiger partial charge < -0.3 is 9.80 Å². The van der Waals surface area contributed by atoms with E-state index in [9.17, 15) is 22.4 Å². The average Bonchev–Trinajstić information content (AvgIpc) is 2.64. The zero-order valence-electron chi connectivity index (χ0n) is 19.0. The molecule has 176 valence electrons. The maximum atomic E-state index is 14.8. The van der Waals surface area contributed by atoms with Gasteiger partial charge in [-0.15, -0.1) is 0 Å². The second-order valence-corrected chi connectivity index (χ2v) is 12.8. The molecule has 0 aromatic carbocycles. The van der Waals surface area contributed by atoms with Gasteiger partial charge in [0, 0.05) is 31.7 Å². The van der Waals surface area contributed by atoms with E-state index in [1.165, 1.54) is 0 Å². The standard InChI is InChI=1S/C23H37FN2O4S/c1-14-13-25(23(28)16-5-4-6-16)21-12-18(7-9-20(21)26(14)15(2)27)17-8-10-22(19(24)11-17)31(3,29)30/h14,16-22H,4-13H2,1-3H3/t14-,17?,18?,19?,20?,21?,22?/m0/s1. The molecule has 0 N–H and O–H groups in total. The first kappa shape index (κ1) is 23.0. The van der Waals surface area contributed by atoms with Crippen molar-refractivity contribution in [1.82, 2.24) is 9.80 Å². The lowest BCUT2D eigenvalue weighted by Gasteiger charge is -2.55. The first-order valence-electron chi connectivity index (χ1n) is 12.0. The third-order valence-corrected chi connectivity index (χ3v) is 10.2. The minimum absolute atomic E-state index is 0.00218. The van der Waals surface area contributed by atoms with Crippen LogP contribution in [0.2, 0.25) is 0 Å². The summed E-state index contributed by atoms with van der Waals surface area (Å²) in [7, 11) is -3.37. The van der Waals surface area contributed by atoms with Crippen molar-refractivity contribution in [2.24, 2.45) is 17.8 Å². The van der Waals surface area contributed by atoms with Gasteiger partial charge in [0.2, 0.25) is 11.8 Å². The van der Waals surface area contributed by atoms with Crippen molar-refractivity contribution in [2.75, 3.05) is 12.8 Å². The Kier molecular flexibility index (Phi) is 6.41. The first-order chi connectivity index (χ1) is 14.6. The predicted molar refractivity (Wildman–Crippen MR) is 117 cm³/mol. The molecule has 0 spiro atoms. The Labute approximate surface area is 185 Å². The number of halogens is 1. The topological polar surface area (TPSA) is 74.8 Å². The number of rotatable bonds is 3. The van der Waals surface area contributed by atoms with Gasteiger partial charge in [-0.1, -0.05) is 6.42 Å². The number of sulfone groups is 1. The second-order valence-electron chi connectivity index (χ2n) is 10.6. The molecule has 4 rings (SSSR count). The third kappa shape index (κ3) is 4.38. The molecule has 1 heterocycles. The van der Waals surface area contributed by atoms with E-state index in [2.05, 4.69) is 4.90 Å². The monoisotopic (exact) mass is 456 g/mol. The molecular formula is C23H37FN2O4S. The van der Waals surface area contributed by atoms with Crippen molar-refractivity contribution in [2.45, 2.75) is 101 Å². The summed E-state index contributed by atoms with van der Waals surface area (Å²) in [6, 6.07) is 0.0486. The van der Waals surface area contributed by atoms with Crippen LogP contribution in [0.1, 0.15) is 71.6 Å². The highest BCUT2D eigenvalue weighted by Gasteiger charge is 2.49. The number of alkyl halides is 1. The van der Waals surface area contributed by atoms with Crippen molar-refractivity contribution < 1.29 is 22.4 Å². The fourth-order valence-corrected chi connectivity index (χ4v) is 8.01. The SMILES string of the molecule is CC(=O)N1C2CCC(C3CCC(S(C)(=O)=O)C(F)C3)CC2N(C(=O)C2CCC2)C[C@@H]1C. The minimum atomic E-state index is -3.37. The molecule has 4 fully saturated rings. The molecule has 2 amide bonds. The molecule has 0 bridgehead atoms. The molecule has 3 aliphatic carbocycles. The quantitative estimate of drug-likeness (QED) is 0.654. The van der Waals surface area contributed by atoms with E-state index in [0.29, 0.717) is 19.4 Å². The van der Waals surface area contributed by atoms with Crippen LogP contribution in [0.4, 0.5) is 4.39 Å². The minimum Gasteiger partial charge on any atom is -0.335 e. The zero-order chi connectivity index (χ0) is 22.5. The van der Waals surface area contributed by atoms with Crippen LogP contribution in [0.15, 0.2) is 0 Å². The van der Waals surface area contributed by atoms with E-state index in [4.69, 9.17) is 0 Å². The molecule has 0 aromatic heterocycles. The Morgan fingerprint density at radius 3 is 2.13 bits per heavy atom. The Hall–Kier alpha value is -1.18. The molecule has 7 atom stereocenters. The molecule has 0 aromatic rings. The van der Waals surface area contributed by atoms with Gasteiger partial charge in [0.05, 0.1) is 17.3 Å². The highest BCUT2D eigenvalue weighted by atomic mass is 32.2. The molecule has 6 nitrogen and oxygen atoms in total. The zero-order valence-corrected chi connectivity index (χ0v) is 19.8. The van der Waals surface area contributed by atoms with Crippen molar-refractivity contribution in [1.29, 1.82) is 0 Å². The Balaban J connectivity index is 1.51. The maximum Gasteiger partial charge on any atom is 0.226 e. The first-order valence-corrected chi connectivity index (χ1v) is 14.0. The number of nitrogens with zero attached hydrogens (tertiary/aromatic N) is 2. The van der Waals surface area contributed by atoms with Crippen molar-refractivity contribution in [3.63, 3.8) is 0 Å². The average molecular weight is 457 g/mol. The number of amides is 2. The van der Waals surface area contributed by atoms with Gasteiger partial charge >= 0.3 is 0 Å².